The minimum Gasteiger partial charge on any atom is -0.445 e. The fourth-order valence-electron chi connectivity index (χ4n) is 3.12. The number of esters is 1. The number of amides is 1. The lowest BCUT2D eigenvalue weighted by molar-refractivity contribution is -0.134. The molecule has 0 spiro atoms. The van der Waals surface area contributed by atoms with Gasteiger partial charge in [0.05, 0.1) is 16.8 Å². The maximum Gasteiger partial charge on any atom is 0.339 e. The molecule has 1 amide bonds. The highest BCUT2D eigenvalue weighted by Gasteiger charge is 2.42. The molecule has 124 valence electrons. The molecule has 3 aromatic rings. The van der Waals surface area contributed by atoms with Gasteiger partial charge in [-0.25, -0.2) is 4.79 Å². The van der Waals surface area contributed by atoms with Crippen LogP contribution in [0, 0.1) is 0 Å². The van der Waals surface area contributed by atoms with E-state index in [1.165, 1.54) is 0 Å². The molecule has 1 aromatic heterocycles. The topological polar surface area (TPSA) is 68.3 Å². The second-order valence-corrected chi connectivity index (χ2v) is 6.29. The summed E-state index contributed by atoms with van der Waals surface area (Å²) in [5.74, 6) is -0.843. The second kappa shape index (κ2) is 5.70. The molecule has 0 fully saturated rings. The van der Waals surface area contributed by atoms with E-state index in [4.69, 9.17) is 4.74 Å². The molecule has 0 aliphatic carbocycles. The van der Waals surface area contributed by atoms with E-state index in [0.29, 0.717) is 23.2 Å². The van der Waals surface area contributed by atoms with Crippen LogP contribution >= 0.6 is 0 Å². The Kier molecular flexibility index (Phi) is 3.50. The number of cyclic esters (lactones) is 1. The van der Waals surface area contributed by atoms with Crippen molar-refractivity contribution in [3.8, 4) is 0 Å². The molecular formula is C20H16N2O3. The molecule has 0 unspecified atom stereocenters. The lowest BCUT2D eigenvalue weighted by Crippen LogP contribution is -2.48. The summed E-state index contributed by atoms with van der Waals surface area (Å²) in [5.41, 5.74) is 1.36. The van der Waals surface area contributed by atoms with Crippen LogP contribution in [0.5, 0.6) is 0 Å². The first-order valence-corrected chi connectivity index (χ1v) is 8.03. The van der Waals surface area contributed by atoms with Crippen molar-refractivity contribution < 1.29 is 14.3 Å². The minimum absolute atomic E-state index is 0.332. The van der Waals surface area contributed by atoms with Crippen LogP contribution in [0.1, 0.15) is 22.8 Å². The quantitative estimate of drug-likeness (QED) is 0.731. The molecule has 1 atom stereocenters. The summed E-state index contributed by atoms with van der Waals surface area (Å²) in [4.78, 5) is 29.5. The van der Waals surface area contributed by atoms with Crippen LogP contribution in [0.2, 0.25) is 0 Å². The number of para-hydroxylation sites is 1. The number of nitrogens with one attached hydrogen (secondary N) is 1. The molecule has 2 heterocycles. The molecule has 1 aliphatic rings. The van der Waals surface area contributed by atoms with Crippen LogP contribution in [-0.4, -0.2) is 22.5 Å². The molecule has 0 saturated carbocycles. The predicted octanol–water partition coefficient (Wildman–Crippen LogP) is 3.35. The first-order valence-electron chi connectivity index (χ1n) is 8.03. The molecule has 0 saturated heterocycles. The average Bonchev–Trinajstić information content (AvgIpc) is 2.62. The predicted molar refractivity (Wildman–Crippen MR) is 94.3 cm³/mol. The summed E-state index contributed by atoms with van der Waals surface area (Å²) >= 11 is 0. The Balaban J connectivity index is 1.66. The maximum atomic E-state index is 12.9. The number of ether oxygens (including phenoxy) is 1. The van der Waals surface area contributed by atoms with E-state index in [1.54, 1.807) is 31.3 Å². The SMILES string of the molecule is C[C@@]1(C(=O)Nc2cccc3cccnc23)Cc2ccccc2C(=O)O1. The van der Waals surface area contributed by atoms with Gasteiger partial charge in [-0.05, 0) is 30.7 Å². The van der Waals surface area contributed by atoms with Gasteiger partial charge in [0.25, 0.3) is 5.91 Å². The summed E-state index contributed by atoms with van der Waals surface area (Å²) < 4.78 is 5.47. The van der Waals surface area contributed by atoms with Crippen LogP contribution in [0.15, 0.2) is 60.8 Å². The lowest BCUT2D eigenvalue weighted by Gasteiger charge is -2.33. The molecule has 1 N–H and O–H groups in total. The van der Waals surface area contributed by atoms with Gasteiger partial charge < -0.3 is 10.1 Å². The Bertz CT molecular complexity index is 994. The normalized spacial score (nSPS) is 19.2. The zero-order valence-corrected chi connectivity index (χ0v) is 13.7. The van der Waals surface area contributed by atoms with Crippen molar-refractivity contribution in [3.05, 3.63) is 71.9 Å². The van der Waals surface area contributed by atoms with Crippen LogP contribution in [0.25, 0.3) is 10.9 Å². The van der Waals surface area contributed by atoms with Gasteiger partial charge in [-0.2, -0.15) is 0 Å². The Morgan fingerprint density at radius 2 is 1.92 bits per heavy atom. The van der Waals surface area contributed by atoms with Crippen LogP contribution in [0.3, 0.4) is 0 Å². The number of aromatic nitrogens is 1. The van der Waals surface area contributed by atoms with Gasteiger partial charge in [0, 0.05) is 18.0 Å². The number of rotatable bonds is 2. The Hall–Kier alpha value is -3.21. The van der Waals surface area contributed by atoms with Crippen molar-refractivity contribution in [2.75, 3.05) is 5.32 Å². The summed E-state index contributed by atoms with van der Waals surface area (Å²) in [6, 6.07) is 16.5. The molecule has 25 heavy (non-hydrogen) atoms. The molecular weight excluding hydrogens is 316 g/mol. The summed E-state index contributed by atoms with van der Waals surface area (Å²) in [7, 11) is 0. The highest BCUT2D eigenvalue weighted by atomic mass is 16.6. The van der Waals surface area contributed by atoms with Gasteiger partial charge in [-0.1, -0.05) is 36.4 Å². The zero-order chi connectivity index (χ0) is 17.4. The Morgan fingerprint density at radius 1 is 1.12 bits per heavy atom. The monoisotopic (exact) mass is 332 g/mol. The van der Waals surface area contributed by atoms with E-state index in [0.717, 1.165) is 10.9 Å². The molecule has 4 rings (SSSR count). The minimum atomic E-state index is -1.26. The van der Waals surface area contributed by atoms with E-state index < -0.39 is 11.6 Å². The number of nitrogens with zero attached hydrogens (tertiary/aromatic N) is 1. The summed E-state index contributed by atoms with van der Waals surface area (Å²) in [6.45, 7) is 1.63. The van der Waals surface area contributed by atoms with E-state index >= 15 is 0 Å². The average molecular weight is 332 g/mol. The third-order valence-electron chi connectivity index (χ3n) is 4.44. The van der Waals surface area contributed by atoms with Crippen molar-refractivity contribution in [2.24, 2.45) is 0 Å². The summed E-state index contributed by atoms with van der Waals surface area (Å²) in [5, 5.41) is 3.80. The number of pyridine rings is 1. The summed E-state index contributed by atoms with van der Waals surface area (Å²) in [6.07, 6.45) is 2.01. The molecule has 5 nitrogen and oxygen atoms in total. The van der Waals surface area contributed by atoms with Crippen molar-refractivity contribution >= 4 is 28.5 Å². The van der Waals surface area contributed by atoms with Gasteiger partial charge in [-0.15, -0.1) is 0 Å². The van der Waals surface area contributed by atoms with Gasteiger partial charge in [0.2, 0.25) is 0 Å². The highest BCUT2D eigenvalue weighted by molar-refractivity contribution is 6.06. The third kappa shape index (κ3) is 2.63. The number of hydrogen-bond acceptors (Lipinski definition) is 4. The maximum absolute atomic E-state index is 12.9. The fourth-order valence-corrected chi connectivity index (χ4v) is 3.12. The first kappa shape index (κ1) is 15.3. The van der Waals surface area contributed by atoms with Crippen molar-refractivity contribution in [2.45, 2.75) is 18.9 Å². The number of benzene rings is 2. The van der Waals surface area contributed by atoms with E-state index in [2.05, 4.69) is 10.3 Å². The van der Waals surface area contributed by atoms with E-state index in [-0.39, 0.29) is 5.91 Å². The van der Waals surface area contributed by atoms with Crippen molar-refractivity contribution in [1.82, 2.24) is 4.98 Å². The van der Waals surface area contributed by atoms with Gasteiger partial charge in [0.15, 0.2) is 5.60 Å². The number of anilines is 1. The highest BCUT2D eigenvalue weighted by Crippen LogP contribution is 2.30. The molecule has 5 heteroatoms. The Labute approximate surface area is 144 Å². The third-order valence-corrected chi connectivity index (χ3v) is 4.44. The van der Waals surface area contributed by atoms with E-state index in [9.17, 15) is 9.59 Å². The van der Waals surface area contributed by atoms with Crippen molar-refractivity contribution in [3.63, 3.8) is 0 Å². The van der Waals surface area contributed by atoms with E-state index in [1.807, 2.05) is 36.4 Å². The number of carbonyl (C=O) groups excluding carboxylic acids is 2. The van der Waals surface area contributed by atoms with Gasteiger partial charge in [-0.3, -0.25) is 9.78 Å². The molecule has 1 aliphatic heterocycles. The van der Waals surface area contributed by atoms with Crippen LogP contribution in [0.4, 0.5) is 5.69 Å². The van der Waals surface area contributed by atoms with Crippen LogP contribution < -0.4 is 5.32 Å². The standard InChI is InChI=1S/C20H16N2O3/c1-20(12-14-6-2-3-9-15(14)18(23)25-20)19(24)22-16-10-4-7-13-8-5-11-21-17(13)16/h2-11H,12H2,1H3,(H,22,24)/t20-/m0/s1. The number of fused-ring (bicyclic) bond motifs is 2. The molecule has 0 radical (unpaired) electrons. The molecule has 0 bridgehead atoms. The first-order chi connectivity index (χ1) is 12.1. The number of carbonyl (C=O) groups is 2. The largest absolute Gasteiger partial charge is 0.445 e. The molecule has 2 aromatic carbocycles. The lowest BCUT2D eigenvalue weighted by atomic mass is 9.89. The van der Waals surface area contributed by atoms with Crippen molar-refractivity contribution in [1.29, 1.82) is 0 Å². The Morgan fingerprint density at radius 3 is 2.80 bits per heavy atom. The fraction of sp³-hybridized carbons (Fsp3) is 0.150. The zero-order valence-electron chi connectivity index (χ0n) is 13.7. The van der Waals surface area contributed by atoms with Crippen LogP contribution in [-0.2, 0) is 16.0 Å². The smallest absolute Gasteiger partial charge is 0.339 e. The van der Waals surface area contributed by atoms with Gasteiger partial charge >= 0.3 is 5.97 Å². The number of hydrogen-bond donors (Lipinski definition) is 1. The van der Waals surface area contributed by atoms with Gasteiger partial charge in [0.1, 0.15) is 0 Å². The second-order valence-electron chi connectivity index (χ2n) is 6.29.